The van der Waals surface area contributed by atoms with E-state index >= 15 is 0 Å². The van der Waals surface area contributed by atoms with E-state index in [-0.39, 0.29) is 11.6 Å². The predicted octanol–water partition coefficient (Wildman–Crippen LogP) is 4.80. The molecule has 3 heterocycles. The standard InChI is InChI=1S/C31H28N4O6/c1-2-3-18-41-23-15-13-21(14-16-23)33-30(37)26-25-17-8-19-6-4-5-7-24(19)34(25)28(27(26)31(33)38)29(36)32-20-9-11-22(12-10-20)35(39)40/h4-17,25-28H,2-3,18H2,1H3,(H,32,36). The number of nitrogens with one attached hydrogen (secondary N) is 1. The van der Waals surface area contributed by atoms with E-state index in [2.05, 4.69) is 12.2 Å². The van der Waals surface area contributed by atoms with Gasteiger partial charge in [0.25, 0.3) is 5.69 Å². The summed E-state index contributed by atoms with van der Waals surface area (Å²) in [4.78, 5) is 55.4. The van der Waals surface area contributed by atoms with E-state index in [1.807, 2.05) is 41.3 Å². The lowest BCUT2D eigenvalue weighted by Gasteiger charge is -2.36. The molecular weight excluding hydrogens is 524 g/mol. The minimum atomic E-state index is -0.982. The summed E-state index contributed by atoms with van der Waals surface area (Å²) >= 11 is 0. The number of nitro benzene ring substituents is 1. The Kier molecular flexibility index (Phi) is 6.74. The second-order valence-corrected chi connectivity index (χ2v) is 10.3. The molecular formula is C31H28N4O6. The van der Waals surface area contributed by atoms with Gasteiger partial charge < -0.3 is 15.0 Å². The van der Waals surface area contributed by atoms with Crippen LogP contribution in [0.4, 0.5) is 22.7 Å². The number of imide groups is 1. The number of hydrogen-bond acceptors (Lipinski definition) is 7. The van der Waals surface area contributed by atoms with Gasteiger partial charge in [0.2, 0.25) is 17.7 Å². The zero-order chi connectivity index (χ0) is 28.7. The van der Waals surface area contributed by atoms with Crippen LogP contribution in [0.15, 0.2) is 78.9 Å². The molecule has 41 heavy (non-hydrogen) atoms. The molecule has 208 valence electrons. The highest BCUT2D eigenvalue weighted by atomic mass is 16.6. The molecule has 2 saturated heterocycles. The molecule has 3 amide bonds. The van der Waals surface area contributed by atoms with Crippen LogP contribution in [0.2, 0.25) is 0 Å². The van der Waals surface area contributed by atoms with Crippen molar-refractivity contribution < 1.29 is 24.0 Å². The lowest BCUT2D eigenvalue weighted by atomic mass is 9.88. The molecule has 3 aromatic carbocycles. The van der Waals surface area contributed by atoms with Crippen molar-refractivity contribution in [2.75, 3.05) is 21.7 Å². The SMILES string of the molecule is CCCCOc1ccc(N2C(=O)C3C(C2=O)C(C(=O)Nc2ccc([N+](=O)[O-])cc2)N2c4ccccc4C=CC32)cc1. The van der Waals surface area contributed by atoms with Crippen molar-refractivity contribution >= 4 is 46.5 Å². The molecule has 0 spiro atoms. The Labute approximate surface area is 236 Å². The van der Waals surface area contributed by atoms with Gasteiger partial charge >= 0.3 is 0 Å². The van der Waals surface area contributed by atoms with Crippen molar-refractivity contribution in [2.24, 2.45) is 11.8 Å². The van der Waals surface area contributed by atoms with E-state index in [4.69, 9.17) is 4.74 Å². The summed E-state index contributed by atoms with van der Waals surface area (Å²) in [5.41, 5.74) is 2.33. The van der Waals surface area contributed by atoms with Crippen molar-refractivity contribution in [1.82, 2.24) is 0 Å². The highest BCUT2D eigenvalue weighted by Gasteiger charge is 2.64. The van der Waals surface area contributed by atoms with Crippen molar-refractivity contribution in [2.45, 2.75) is 31.8 Å². The number of anilines is 3. The third-order valence-corrected chi connectivity index (χ3v) is 7.89. The van der Waals surface area contributed by atoms with Crippen LogP contribution in [0.3, 0.4) is 0 Å². The van der Waals surface area contributed by atoms with Gasteiger partial charge in [0, 0.05) is 23.5 Å². The fourth-order valence-electron chi connectivity index (χ4n) is 5.98. The number of fused-ring (bicyclic) bond motifs is 5. The molecule has 4 atom stereocenters. The summed E-state index contributed by atoms with van der Waals surface area (Å²) in [5, 5.41) is 13.9. The Hall–Kier alpha value is -4.99. The maximum atomic E-state index is 14.0. The quantitative estimate of drug-likeness (QED) is 0.184. The first-order valence-corrected chi connectivity index (χ1v) is 13.6. The van der Waals surface area contributed by atoms with Gasteiger partial charge in [0.15, 0.2) is 0 Å². The molecule has 0 aromatic heterocycles. The van der Waals surface area contributed by atoms with Crippen LogP contribution < -0.4 is 19.9 Å². The van der Waals surface area contributed by atoms with Crippen molar-refractivity contribution in [3.05, 3.63) is 94.6 Å². The summed E-state index contributed by atoms with van der Waals surface area (Å²) in [6, 6.07) is 18.4. The number of carbonyl (C=O) groups excluding carboxylic acids is 3. The summed E-state index contributed by atoms with van der Waals surface area (Å²) in [7, 11) is 0. The molecule has 10 heteroatoms. The fraction of sp³-hybridized carbons (Fsp3) is 0.258. The minimum Gasteiger partial charge on any atom is -0.494 e. The average molecular weight is 553 g/mol. The number of non-ortho nitro benzene ring substituents is 1. The molecule has 3 aliphatic rings. The Morgan fingerprint density at radius 3 is 2.39 bits per heavy atom. The molecule has 4 unspecified atom stereocenters. The van der Waals surface area contributed by atoms with Crippen LogP contribution in [-0.4, -0.2) is 41.3 Å². The fourth-order valence-corrected chi connectivity index (χ4v) is 5.98. The van der Waals surface area contributed by atoms with E-state index < -0.39 is 40.7 Å². The smallest absolute Gasteiger partial charge is 0.269 e. The number of rotatable bonds is 8. The minimum absolute atomic E-state index is 0.104. The van der Waals surface area contributed by atoms with E-state index in [1.165, 1.54) is 29.2 Å². The summed E-state index contributed by atoms with van der Waals surface area (Å²) in [6.45, 7) is 2.66. The van der Waals surface area contributed by atoms with Gasteiger partial charge in [-0.25, -0.2) is 4.90 Å². The van der Waals surface area contributed by atoms with E-state index in [9.17, 15) is 24.5 Å². The van der Waals surface area contributed by atoms with Gasteiger partial charge in [-0.05, 0) is 54.4 Å². The largest absolute Gasteiger partial charge is 0.494 e. The zero-order valence-electron chi connectivity index (χ0n) is 22.3. The lowest BCUT2D eigenvalue weighted by Crippen LogP contribution is -2.50. The molecule has 1 N–H and O–H groups in total. The molecule has 0 bridgehead atoms. The van der Waals surface area contributed by atoms with Crippen molar-refractivity contribution in [3.8, 4) is 5.75 Å². The van der Waals surface area contributed by atoms with Crippen LogP contribution in [0.5, 0.6) is 5.75 Å². The molecule has 0 radical (unpaired) electrons. The van der Waals surface area contributed by atoms with Gasteiger partial charge in [-0.15, -0.1) is 0 Å². The van der Waals surface area contributed by atoms with E-state index in [0.29, 0.717) is 23.7 Å². The highest BCUT2D eigenvalue weighted by Crippen LogP contribution is 2.49. The average Bonchev–Trinajstić information content (AvgIpc) is 3.46. The van der Waals surface area contributed by atoms with Crippen LogP contribution in [0.1, 0.15) is 25.3 Å². The second-order valence-electron chi connectivity index (χ2n) is 10.3. The summed E-state index contributed by atoms with van der Waals surface area (Å²) < 4.78 is 5.73. The highest BCUT2D eigenvalue weighted by molar-refractivity contribution is 6.25. The van der Waals surface area contributed by atoms with Gasteiger partial charge in [-0.1, -0.05) is 43.7 Å². The molecule has 3 aromatic rings. The first-order chi connectivity index (χ1) is 19.9. The van der Waals surface area contributed by atoms with Gasteiger partial charge in [-0.2, -0.15) is 0 Å². The zero-order valence-corrected chi connectivity index (χ0v) is 22.3. The van der Waals surface area contributed by atoms with Gasteiger partial charge in [0.05, 0.1) is 35.1 Å². The number of carbonyl (C=O) groups is 3. The van der Waals surface area contributed by atoms with Crippen LogP contribution >= 0.6 is 0 Å². The Morgan fingerprint density at radius 2 is 1.68 bits per heavy atom. The second kappa shape index (κ2) is 10.5. The van der Waals surface area contributed by atoms with Crippen LogP contribution in [0.25, 0.3) is 6.08 Å². The van der Waals surface area contributed by atoms with E-state index in [1.54, 1.807) is 24.3 Å². The first kappa shape index (κ1) is 26.2. The first-order valence-electron chi connectivity index (χ1n) is 13.6. The van der Waals surface area contributed by atoms with Crippen LogP contribution in [0, 0.1) is 22.0 Å². The number of benzene rings is 3. The molecule has 3 aliphatic heterocycles. The van der Waals surface area contributed by atoms with Crippen LogP contribution in [-0.2, 0) is 14.4 Å². The van der Waals surface area contributed by atoms with Crippen molar-refractivity contribution in [1.29, 1.82) is 0 Å². The Balaban J connectivity index is 1.33. The Bertz CT molecular complexity index is 1550. The monoisotopic (exact) mass is 552 g/mol. The predicted molar refractivity (Wildman–Crippen MR) is 154 cm³/mol. The summed E-state index contributed by atoms with van der Waals surface area (Å²) in [6.07, 6.45) is 5.74. The normalized spacial score (nSPS) is 22.3. The molecule has 0 saturated carbocycles. The number of nitrogens with zero attached hydrogens (tertiary/aromatic N) is 3. The number of hydrogen-bond donors (Lipinski definition) is 1. The lowest BCUT2D eigenvalue weighted by molar-refractivity contribution is -0.384. The number of ether oxygens (including phenoxy) is 1. The molecule has 0 aliphatic carbocycles. The van der Waals surface area contributed by atoms with Gasteiger partial charge in [-0.3, -0.25) is 24.5 Å². The summed E-state index contributed by atoms with van der Waals surface area (Å²) in [5.74, 6) is -2.31. The molecule has 6 rings (SSSR count). The Morgan fingerprint density at radius 1 is 0.976 bits per heavy atom. The third kappa shape index (κ3) is 4.51. The maximum absolute atomic E-state index is 14.0. The number of para-hydroxylation sites is 1. The third-order valence-electron chi connectivity index (χ3n) is 7.89. The maximum Gasteiger partial charge on any atom is 0.269 e. The van der Waals surface area contributed by atoms with Crippen molar-refractivity contribution in [3.63, 3.8) is 0 Å². The van der Waals surface area contributed by atoms with E-state index in [0.717, 1.165) is 24.1 Å². The number of nitro groups is 1. The topological polar surface area (TPSA) is 122 Å². The molecule has 10 nitrogen and oxygen atoms in total. The molecule has 2 fully saturated rings. The van der Waals surface area contributed by atoms with Gasteiger partial charge in [0.1, 0.15) is 11.8 Å². The number of amides is 3. The number of unbranched alkanes of at least 4 members (excludes halogenated alkanes) is 1.